The average Bonchev–Trinajstić information content (AvgIpc) is 2.49. The van der Waals surface area contributed by atoms with Crippen LogP contribution in [0.5, 0.6) is 0 Å². The van der Waals surface area contributed by atoms with Gasteiger partial charge in [0.15, 0.2) is 0 Å². The normalized spacial score (nSPS) is 10.4. The molecule has 20 heavy (non-hydrogen) atoms. The van der Waals surface area contributed by atoms with Crippen molar-refractivity contribution >= 4 is 22.5 Å². The average molecular weight is 266 g/mol. The first-order valence-electron chi connectivity index (χ1n) is 6.14. The smallest absolute Gasteiger partial charge is 0.257 e. The topological polar surface area (TPSA) is 42.0 Å². The van der Waals surface area contributed by atoms with Gasteiger partial charge in [0, 0.05) is 17.3 Å². The molecule has 4 heteroatoms. The number of hydrogen-bond donors (Lipinski definition) is 1. The summed E-state index contributed by atoms with van der Waals surface area (Å²) in [6.07, 6.45) is 1.53. The molecule has 3 nitrogen and oxygen atoms in total. The van der Waals surface area contributed by atoms with E-state index >= 15 is 0 Å². The molecule has 3 rings (SSSR count). The number of amides is 1. The van der Waals surface area contributed by atoms with Gasteiger partial charge in [0.05, 0.1) is 11.1 Å². The van der Waals surface area contributed by atoms with Crippen LogP contribution in [0.15, 0.2) is 60.8 Å². The first-order valence-corrected chi connectivity index (χ1v) is 6.14. The van der Waals surface area contributed by atoms with E-state index in [1.165, 1.54) is 30.5 Å². The minimum Gasteiger partial charge on any atom is -0.322 e. The fourth-order valence-corrected chi connectivity index (χ4v) is 1.93. The lowest BCUT2D eigenvalue weighted by atomic mass is 10.1. The van der Waals surface area contributed by atoms with Crippen molar-refractivity contribution in [1.29, 1.82) is 0 Å². The second-order valence-electron chi connectivity index (χ2n) is 4.38. The molecule has 0 aliphatic carbocycles. The first kappa shape index (κ1) is 12.3. The van der Waals surface area contributed by atoms with E-state index in [0.29, 0.717) is 11.3 Å². The van der Waals surface area contributed by atoms with Gasteiger partial charge < -0.3 is 5.32 Å². The summed E-state index contributed by atoms with van der Waals surface area (Å²) in [7, 11) is 0. The number of nitrogens with one attached hydrogen (secondary N) is 1. The Morgan fingerprint density at radius 1 is 1.05 bits per heavy atom. The lowest BCUT2D eigenvalue weighted by molar-refractivity contribution is 0.102. The Labute approximate surface area is 115 Å². The summed E-state index contributed by atoms with van der Waals surface area (Å²) >= 11 is 0. The Hall–Kier alpha value is -2.75. The van der Waals surface area contributed by atoms with Gasteiger partial charge in [-0.25, -0.2) is 4.39 Å². The fraction of sp³-hybridized carbons (Fsp3) is 0. The van der Waals surface area contributed by atoms with E-state index in [4.69, 9.17) is 0 Å². The molecule has 0 atom stereocenters. The number of halogens is 1. The predicted molar refractivity (Wildman–Crippen MR) is 76.1 cm³/mol. The van der Waals surface area contributed by atoms with Gasteiger partial charge in [-0.15, -0.1) is 0 Å². The Balaban J connectivity index is 1.86. The SMILES string of the molecule is O=C(Nc1ccc(F)cc1)c1cnc2ccccc2c1. The third kappa shape index (κ3) is 2.49. The summed E-state index contributed by atoms with van der Waals surface area (Å²) in [6, 6.07) is 15.0. The fourth-order valence-electron chi connectivity index (χ4n) is 1.93. The summed E-state index contributed by atoms with van der Waals surface area (Å²) in [6.45, 7) is 0. The third-order valence-electron chi connectivity index (χ3n) is 2.95. The maximum Gasteiger partial charge on any atom is 0.257 e. The Morgan fingerprint density at radius 3 is 2.60 bits per heavy atom. The largest absolute Gasteiger partial charge is 0.322 e. The predicted octanol–water partition coefficient (Wildman–Crippen LogP) is 3.63. The highest BCUT2D eigenvalue weighted by atomic mass is 19.1. The van der Waals surface area contributed by atoms with E-state index in [0.717, 1.165) is 10.9 Å². The van der Waals surface area contributed by atoms with E-state index in [-0.39, 0.29) is 11.7 Å². The van der Waals surface area contributed by atoms with Crippen molar-refractivity contribution in [2.75, 3.05) is 5.32 Å². The second kappa shape index (κ2) is 5.09. The molecule has 1 heterocycles. The highest BCUT2D eigenvalue weighted by Gasteiger charge is 2.07. The number of pyridine rings is 1. The second-order valence-corrected chi connectivity index (χ2v) is 4.38. The summed E-state index contributed by atoms with van der Waals surface area (Å²) in [5.74, 6) is -0.606. The number of rotatable bonds is 2. The lowest BCUT2D eigenvalue weighted by Crippen LogP contribution is -2.12. The molecular weight excluding hydrogens is 255 g/mol. The quantitative estimate of drug-likeness (QED) is 0.769. The van der Waals surface area contributed by atoms with E-state index < -0.39 is 0 Å². The van der Waals surface area contributed by atoms with Crippen LogP contribution in [0.1, 0.15) is 10.4 Å². The number of hydrogen-bond acceptors (Lipinski definition) is 2. The molecule has 3 aromatic rings. The molecule has 1 N–H and O–H groups in total. The maximum absolute atomic E-state index is 12.8. The molecule has 98 valence electrons. The number of carbonyl (C=O) groups excluding carboxylic acids is 1. The van der Waals surface area contributed by atoms with Crippen LogP contribution in [0.4, 0.5) is 10.1 Å². The Kier molecular flexibility index (Phi) is 3.13. The molecule has 0 unspecified atom stereocenters. The van der Waals surface area contributed by atoms with E-state index in [1.807, 2.05) is 24.3 Å². The highest BCUT2D eigenvalue weighted by molar-refractivity contribution is 6.05. The molecule has 0 fully saturated rings. The van der Waals surface area contributed by atoms with Gasteiger partial charge in [-0.1, -0.05) is 18.2 Å². The van der Waals surface area contributed by atoms with Crippen LogP contribution < -0.4 is 5.32 Å². The van der Waals surface area contributed by atoms with Crippen molar-refractivity contribution in [3.05, 3.63) is 72.2 Å². The van der Waals surface area contributed by atoms with Gasteiger partial charge in [-0.2, -0.15) is 0 Å². The van der Waals surface area contributed by atoms with Gasteiger partial charge in [-0.05, 0) is 36.4 Å². The number of para-hydroxylation sites is 1. The van der Waals surface area contributed by atoms with Crippen LogP contribution in [0.3, 0.4) is 0 Å². The molecule has 0 spiro atoms. The molecule has 1 aromatic heterocycles. The van der Waals surface area contributed by atoms with Crippen LogP contribution in [-0.4, -0.2) is 10.9 Å². The van der Waals surface area contributed by atoms with Crippen LogP contribution >= 0.6 is 0 Å². The summed E-state index contributed by atoms with van der Waals surface area (Å²) in [4.78, 5) is 16.3. The third-order valence-corrected chi connectivity index (χ3v) is 2.95. The van der Waals surface area contributed by atoms with Gasteiger partial charge in [0.1, 0.15) is 5.82 Å². The molecule has 0 aliphatic heterocycles. The Bertz CT molecular complexity index is 769. The summed E-state index contributed by atoms with van der Waals surface area (Å²) in [5.41, 5.74) is 1.85. The molecule has 0 saturated heterocycles. The number of nitrogens with zero attached hydrogens (tertiary/aromatic N) is 1. The van der Waals surface area contributed by atoms with Gasteiger partial charge in [0.25, 0.3) is 5.91 Å². The standard InChI is InChI=1S/C16H11FN2O/c17-13-5-7-14(8-6-13)19-16(20)12-9-11-3-1-2-4-15(11)18-10-12/h1-10H,(H,19,20). The summed E-state index contributed by atoms with van der Waals surface area (Å²) < 4.78 is 12.8. The zero-order valence-electron chi connectivity index (χ0n) is 10.5. The molecule has 0 aliphatic rings. The lowest BCUT2D eigenvalue weighted by Gasteiger charge is -2.05. The van der Waals surface area contributed by atoms with Crippen molar-refractivity contribution < 1.29 is 9.18 Å². The van der Waals surface area contributed by atoms with Crippen molar-refractivity contribution in [2.24, 2.45) is 0 Å². The molecule has 2 aromatic carbocycles. The minimum atomic E-state index is -0.338. The monoisotopic (exact) mass is 266 g/mol. The van der Waals surface area contributed by atoms with Gasteiger partial charge >= 0.3 is 0 Å². The number of benzene rings is 2. The zero-order chi connectivity index (χ0) is 13.9. The number of carbonyl (C=O) groups is 1. The van der Waals surface area contributed by atoms with Crippen LogP contribution in [0.2, 0.25) is 0 Å². The van der Waals surface area contributed by atoms with Crippen molar-refractivity contribution in [1.82, 2.24) is 4.98 Å². The zero-order valence-corrected chi connectivity index (χ0v) is 10.5. The molecule has 0 radical (unpaired) electrons. The van der Waals surface area contributed by atoms with E-state index in [9.17, 15) is 9.18 Å². The molecule has 0 saturated carbocycles. The van der Waals surface area contributed by atoms with Crippen LogP contribution in [0, 0.1) is 5.82 Å². The Morgan fingerprint density at radius 2 is 1.80 bits per heavy atom. The van der Waals surface area contributed by atoms with Crippen molar-refractivity contribution in [3.63, 3.8) is 0 Å². The molecule has 0 bridgehead atoms. The minimum absolute atomic E-state index is 0.269. The highest BCUT2D eigenvalue weighted by Crippen LogP contribution is 2.15. The van der Waals surface area contributed by atoms with Gasteiger partial charge in [-0.3, -0.25) is 9.78 Å². The molecular formula is C16H11FN2O. The van der Waals surface area contributed by atoms with Crippen LogP contribution in [-0.2, 0) is 0 Å². The van der Waals surface area contributed by atoms with Crippen molar-refractivity contribution in [2.45, 2.75) is 0 Å². The number of fused-ring (bicyclic) bond motifs is 1. The summed E-state index contributed by atoms with van der Waals surface area (Å²) in [5, 5.41) is 3.61. The maximum atomic E-state index is 12.8. The molecule has 1 amide bonds. The van der Waals surface area contributed by atoms with Crippen molar-refractivity contribution in [3.8, 4) is 0 Å². The first-order chi connectivity index (χ1) is 9.72. The van der Waals surface area contributed by atoms with Crippen LogP contribution in [0.25, 0.3) is 10.9 Å². The number of aromatic nitrogens is 1. The van der Waals surface area contributed by atoms with Gasteiger partial charge in [0.2, 0.25) is 0 Å². The number of anilines is 1. The van der Waals surface area contributed by atoms with E-state index in [1.54, 1.807) is 6.07 Å². The van der Waals surface area contributed by atoms with E-state index in [2.05, 4.69) is 10.3 Å².